The Kier molecular flexibility index (Phi) is 6.69. The van der Waals surface area contributed by atoms with E-state index >= 15 is 0 Å². The lowest BCUT2D eigenvalue weighted by Crippen LogP contribution is -2.60. The monoisotopic (exact) mass is 537 g/mol. The van der Waals surface area contributed by atoms with Gasteiger partial charge in [-0.1, -0.05) is 26.0 Å². The van der Waals surface area contributed by atoms with Gasteiger partial charge in [0.1, 0.15) is 5.76 Å². The molecule has 0 radical (unpaired) electrons. The van der Waals surface area contributed by atoms with Crippen molar-refractivity contribution in [3.8, 4) is 0 Å². The Morgan fingerprint density at radius 2 is 1.92 bits per heavy atom. The molecule has 5 aliphatic rings. The van der Waals surface area contributed by atoms with E-state index in [1.165, 1.54) is 0 Å². The van der Waals surface area contributed by atoms with Crippen molar-refractivity contribution in [1.82, 2.24) is 9.97 Å². The van der Waals surface area contributed by atoms with Crippen molar-refractivity contribution in [2.24, 2.45) is 22.7 Å². The van der Waals surface area contributed by atoms with Crippen molar-refractivity contribution in [1.29, 1.82) is 0 Å². The summed E-state index contributed by atoms with van der Waals surface area (Å²) in [6.45, 7) is 5.83. The van der Waals surface area contributed by atoms with Crippen LogP contribution in [0.4, 0.5) is 5.95 Å². The second-order valence-corrected chi connectivity index (χ2v) is 12.5. The summed E-state index contributed by atoms with van der Waals surface area (Å²) in [4.78, 5) is 23.7. The number of aromatic nitrogens is 2. The fourth-order valence-corrected chi connectivity index (χ4v) is 7.94. The van der Waals surface area contributed by atoms with Crippen LogP contribution < -0.4 is 4.90 Å². The SMILES string of the molecule is C[C@]12CC[C@@H](O)[C@@](C)(CO)C1CCC1(CO1)C2/C=C/C1=CC(=C\c2cnc(N3CCCC3CO)nc2)/OC1=O. The van der Waals surface area contributed by atoms with Gasteiger partial charge in [0, 0.05) is 35.8 Å². The van der Waals surface area contributed by atoms with Crippen molar-refractivity contribution in [3.05, 3.63) is 47.5 Å². The fraction of sp³-hybridized carbons (Fsp3) is 0.633. The van der Waals surface area contributed by atoms with E-state index in [4.69, 9.17) is 9.47 Å². The first-order chi connectivity index (χ1) is 18.7. The Labute approximate surface area is 229 Å². The van der Waals surface area contributed by atoms with E-state index in [1.54, 1.807) is 24.5 Å². The number of epoxide rings is 1. The number of aliphatic hydroxyl groups excluding tert-OH is 3. The van der Waals surface area contributed by atoms with Gasteiger partial charge in [0.15, 0.2) is 0 Å². The normalized spacial score (nSPS) is 40.8. The molecule has 3 aliphatic heterocycles. The number of carbonyl (C=O) groups is 1. The second kappa shape index (κ2) is 9.80. The molecule has 210 valence electrons. The minimum atomic E-state index is -0.553. The van der Waals surface area contributed by atoms with Crippen molar-refractivity contribution < 1.29 is 29.6 Å². The molecule has 4 heterocycles. The molecule has 4 unspecified atom stereocenters. The van der Waals surface area contributed by atoms with Gasteiger partial charge in [-0.05, 0) is 62.0 Å². The molecule has 9 heteroatoms. The minimum Gasteiger partial charge on any atom is -0.423 e. The van der Waals surface area contributed by atoms with E-state index in [0.29, 0.717) is 30.3 Å². The van der Waals surface area contributed by atoms with Crippen LogP contribution in [0.3, 0.4) is 0 Å². The third-order valence-corrected chi connectivity index (χ3v) is 10.3. The molecule has 4 fully saturated rings. The number of hydrogen-bond donors (Lipinski definition) is 3. The maximum Gasteiger partial charge on any atom is 0.343 e. The molecule has 2 saturated heterocycles. The number of fused-ring (bicyclic) bond motifs is 1. The number of nitrogens with zero attached hydrogens (tertiary/aromatic N) is 3. The quantitative estimate of drug-likeness (QED) is 0.371. The molecule has 3 N–H and O–H groups in total. The topological polar surface area (TPSA) is 129 Å². The molecular weight excluding hydrogens is 498 g/mol. The molecule has 6 rings (SSSR count). The largest absolute Gasteiger partial charge is 0.423 e. The number of aliphatic hydroxyl groups is 3. The van der Waals surface area contributed by atoms with Gasteiger partial charge in [-0.25, -0.2) is 14.8 Å². The van der Waals surface area contributed by atoms with Gasteiger partial charge in [0.05, 0.1) is 43.1 Å². The van der Waals surface area contributed by atoms with E-state index < -0.39 is 17.5 Å². The van der Waals surface area contributed by atoms with Crippen LogP contribution in [0, 0.1) is 22.7 Å². The maximum absolute atomic E-state index is 12.7. The Balaban J connectivity index is 1.21. The molecule has 1 spiro atoms. The molecule has 0 aromatic carbocycles. The minimum absolute atomic E-state index is 0.0465. The van der Waals surface area contributed by atoms with Gasteiger partial charge in [0.25, 0.3) is 0 Å². The number of cyclic esters (lactones) is 1. The first kappa shape index (κ1) is 26.6. The highest BCUT2D eigenvalue weighted by Crippen LogP contribution is 2.65. The molecule has 39 heavy (non-hydrogen) atoms. The smallest absolute Gasteiger partial charge is 0.343 e. The number of ether oxygens (including phenoxy) is 2. The summed E-state index contributed by atoms with van der Waals surface area (Å²) in [5, 5.41) is 30.6. The molecule has 1 aromatic rings. The Hall–Kier alpha value is -2.59. The lowest BCUT2D eigenvalue weighted by atomic mass is 9.45. The summed E-state index contributed by atoms with van der Waals surface area (Å²) in [5.41, 5.74) is 0.255. The molecule has 1 aromatic heterocycles. The van der Waals surface area contributed by atoms with Crippen LogP contribution >= 0.6 is 0 Å². The van der Waals surface area contributed by atoms with Crippen LogP contribution in [0.25, 0.3) is 6.08 Å². The molecular formula is C30H39N3O6. The summed E-state index contributed by atoms with van der Waals surface area (Å²) in [6, 6.07) is 0.0558. The Morgan fingerprint density at radius 1 is 1.15 bits per heavy atom. The zero-order chi connectivity index (χ0) is 27.4. The number of carbonyl (C=O) groups excluding carboxylic acids is 1. The predicted molar refractivity (Wildman–Crippen MR) is 144 cm³/mol. The molecule has 7 atom stereocenters. The average Bonchev–Trinajstić information content (AvgIpc) is 3.37. The average molecular weight is 538 g/mol. The summed E-state index contributed by atoms with van der Waals surface area (Å²) >= 11 is 0. The first-order valence-corrected chi connectivity index (χ1v) is 14.2. The van der Waals surface area contributed by atoms with Crippen LogP contribution in [-0.4, -0.2) is 75.4 Å². The van der Waals surface area contributed by atoms with E-state index in [2.05, 4.69) is 23.0 Å². The van der Waals surface area contributed by atoms with Crippen LogP contribution in [0.2, 0.25) is 0 Å². The van der Waals surface area contributed by atoms with Gasteiger partial charge in [-0.3, -0.25) is 0 Å². The van der Waals surface area contributed by atoms with Crippen LogP contribution in [0.15, 0.2) is 42.0 Å². The molecule has 0 amide bonds. The van der Waals surface area contributed by atoms with Gasteiger partial charge >= 0.3 is 5.97 Å². The van der Waals surface area contributed by atoms with Crippen LogP contribution in [-0.2, 0) is 14.3 Å². The lowest BCUT2D eigenvalue weighted by molar-refractivity contribution is -0.167. The van der Waals surface area contributed by atoms with E-state index in [1.807, 2.05) is 17.9 Å². The van der Waals surface area contributed by atoms with Crippen molar-refractivity contribution in [3.63, 3.8) is 0 Å². The maximum atomic E-state index is 12.7. The zero-order valence-corrected chi connectivity index (χ0v) is 22.8. The van der Waals surface area contributed by atoms with Gasteiger partial charge in [-0.15, -0.1) is 0 Å². The van der Waals surface area contributed by atoms with Crippen molar-refractivity contribution in [2.75, 3.05) is 31.3 Å². The Morgan fingerprint density at radius 3 is 2.62 bits per heavy atom. The number of esters is 1. The first-order valence-electron chi connectivity index (χ1n) is 14.2. The zero-order valence-electron chi connectivity index (χ0n) is 22.8. The van der Waals surface area contributed by atoms with Gasteiger partial charge in [-0.2, -0.15) is 0 Å². The second-order valence-electron chi connectivity index (χ2n) is 12.5. The third-order valence-electron chi connectivity index (χ3n) is 10.3. The van der Waals surface area contributed by atoms with E-state index in [9.17, 15) is 20.1 Å². The highest BCUT2D eigenvalue weighted by Gasteiger charge is 2.66. The van der Waals surface area contributed by atoms with Gasteiger partial charge < -0.3 is 29.7 Å². The number of rotatable bonds is 6. The summed E-state index contributed by atoms with van der Waals surface area (Å²) < 4.78 is 11.6. The number of hydrogen-bond acceptors (Lipinski definition) is 9. The summed E-state index contributed by atoms with van der Waals surface area (Å²) in [6.07, 6.45) is 15.5. The number of anilines is 1. The molecule has 2 saturated carbocycles. The van der Waals surface area contributed by atoms with Crippen LogP contribution in [0.5, 0.6) is 0 Å². The standard InChI is InChI=1S/C30H39N3O6/c1-28-9-8-25(36)29(2,17-35)23(28)7-10-30(18-38-30)24(28)6-5-20-13-22(39-26(20)37)12-19-14-31-27(32-15-19)33-11-3-4-21(33)16-34/h5-6,12-15,21,23-25,34-36H,3-4,7-11,16-18H2,1-2H3/b6-5+,22-12+/t21?,23?,24?,25-,28+,29+,30?/m1/s1. The number of allylic oxidation sites excluding steroid dienone is 1. The molecule has 2 aliphatic carbocycles. The lowest BCUT2D eigenvalue weighted by Gasteiger charge is -2.60. The molecule has 0 bridgehead atoms. The van der Waals surface area contributed by atoms with Crippen molar-refractivity contribution >= 4 is 18.0 Å². The van der Waals surface area contributed by atoms with E-state index in [-0.39, 0.29) is 42.1 Å². The predicted octanol–water partition coefficient (Wildman–Crippen LogP) is 2.77. The Bertz CT molecular complexity index is 1210. The summed E-state index contributed by atoms with van der Waals surface area (Å²) in [5.74, 6) is 0.849. The highest BCUT2D eigenvalue weighted by molar-refractivity contribution is 5.96. The van der Waals surface area contributed by atoms with Crippen LogP contribution in [0.1, 0.15) is 57.9 Å². The summed E-state index contributed by atoms with van der Waals surface area (Å²) in [7, 11) is 0. The van der Waals surface area contributed by atoms with Gasteiger partial charge in [0.2, 0.25) is 5.95 Å². The van der Waals surface area contributed by atoms with Crippen molar-refractivity contribution in [2.45, 2.75) is 70.1 Å². The third kappa shape index (κ3) is 4.43. The molecule has 9 nitrogen and oxygen atoms in total. The highest BCUT2D eigenvalue weighted by atomic mass is 16.6. The van der Waals surface area contributed by atoms with E-state index in [0.717, 1.165) is 44.2 Å². The fourth-order valence-electron chi connectivity index (χ4n) is 7.94.